The van der Waals surface area contributed by atoms with Crippen molar-refractivity contribution in [3.8, 4) is 11.1 Å². The molecular weight excluding hydrogens is 436 g/mol. The first-order chi connectivity index (χ1) is 16.3. The van der Waals surface area contributed by atoms with Crippen molar-refractivity contribution in [2.45, 2.75) is 50.1 Å². The van der Waals surface area contributed by atoms with Crippen molar-refractivity contribution in [2.24, 2.45) is 0 Å². The Morgan fingerprint density at radius 2 is 1.62 bits per heavy atom. The number of nitrogens with one attached hydrogen (secondary N) is 2. The first-order valence-electron chi connectivity index (χ1n) is 11.6. The van der Waals surface area contributed by atoms with E-state index < -0.39 is 29.0 Å². The number of amides is 2. The summed E-state index contributed by atoms with van der Waals surface area (Å²) in [5.41, 5.74) is 1.70. The average molecular weight is 467 g/mol. The van der Waals surface area contributed by atoms with Crippen molar-refractivity contribution in [1.29, 1.82) is 0 Å². The van der Waals surface area contributed by atoms with E-state index in [1.54, 1.807) is 13.8 Å². The third kappa shape index (κ3) is 4.37. The largest absolute Gasteiger partial charge is 0.480 e. The molecule has 1 unspecified atom stereocenters. The molecule has 34 heavy (non-hydrogen) atoms. The molecule has 3 N–H and O–H groups in total. The summed E-state index contributed by atoms with van der Waals surface area (Å²) in [7, 11) is 0. The Bertz CT molecular complexity index is 1050. The van der Waals surface area contributed by atoms with Crippen molar-refractivity contribution in [2.75, 3.05) is 19.8 Å². The van der Waals surface area contributed by atoms with Gasteiger partial charge in [0.25, 0.3) is 0 Å². The van der Waals surface area contributed by atoms with Crippen molar-refractivity contribution in [3.05, 3.63) is 59.7 Å². The molecule has 1 heterocycles. The van der Waals surface area contributed by atoms with Crippen molar-refractivity contribution in [1.82, 2.24) is 10.6 Å². The van der Waals surface area contributed by atoms with Crippen LogP contribution in [0.3, 0.4) is 0 Å². The van der Waals surface area contributed by atoms with Crippen LogP contribution in [0.2, 0.25) is 0 Å². The van der Waals surface area contributed by atoms with E-state index in [1.165, 1.54) is 0 Å². The van der Waals surface area contributed by atoms with E-state index in [1.807, 2.05) is 36.4 Å². The molecular formula is C26H30N2O6. The lowest BCUT2D eigenvalue weighted by Gasteiger charge is -2.37. The molecule has 1 aliphatic carbocycles. The first kappa shape index (κ1) is 23.8. The molecule has 8 heteroatoms. The normalized spacial score (nSPS) is 18.2. The van der Waals surface area contributed by atoms with Crippen LogP contribution in [-0.4, -0.2) is 54.0 Å². The van der Waals surface area contributed by atoms with Crippen molar-refractivity contribution in [3.63, 3.8) is 0 Å². The smallest absolute Gasteiger partial charge is 0.408 e. The molecule has 0 radical (unpaired) electrons. The highest BCUT2D eigenvalue weighted by molar-refractivity contribution is 5.94. The Morgan fingerprint density at radius 1 is 1.06 bits per heavy atom. The van der Waals surface area contributed by atoms with Crippen LogP contribution in [0.5, 0.6) is 0 Å². The minimum absolute atomic E-state index is 0.0997. The molecule has 0 spiro atoms. The summed E-state index contributed by atoms with van der Waals surface area (Å²) in [6.07, 6.45) is -0.134. The maximum Gasteiger partial charge on any atom is 0.408 e. The number of hydrogen-bond acceptors (Lipinski definition) is 5. The maximum absolute atomic E-state index is 13.1. The summed E-state index contributed by atoms with van der Waals surface area (Å²) in [5.74, 6) is -1.77. The summed E-state index contributed by atoms with van der Waals surface area (Å²) >= 11 is 0. The number of carboxylic acid groups (broad SMARTS) is 1. The average Bonchev–Trinajstić information content (AvgIpc) is 3.17. The molecule has 1 fully saturated rings. The fraction of sp³-hybridized carbons (Fsp3) is 0.423. The number of carboxylic acids is 1. The topological polar surface area (TPSA) is 114 Å². The molecule has 0 aromatic heterocycles. The zero-order valence-electron chi connectivity index (χ0n) is 19.4. The van der Waals surface area contributed by atoms with Crippen LogP contribution in [0.25, 0.3) is 11.1 Å². The molecule has 2 aliphatic rings. The lowest BCUT2D eigenvalue weighted by atomic mass is 9.87. The van der Waals surface area contributed by atoms with Gasteiger partial charge in [-0.15, -0.1) is 0 Å². The number of alkyl carbamates (subject to hydrolysis) is 1. The Balaban J connectivity index is 1.43. The van der Waals surface area contributed by atoms with E-state index in [4.69, 9.17) is 9.47 Å². The fourth-order valence-electron chi connectivity index (χ4n) is 4.63. The quantitative estimate of drug-likeness (QED) is 0.576. The predicted molar refractivity (Wildman–Crippen MR) is 125 cm³/mol. The highest BCUT2D eigenvalue weighted by Crippen LogP contribution is 2.44. The van der Waals surface area contributed by atoms with Crippen LogP contribution in [0.15, 0.2) is 48.5 Å². The standard InChI is InChI=1S/C26H30N2O6/c1-3-25(2,22(29)27-26(23(30)31)12-14-33-15-13-26)28-24(32)34-16-21-19-10-6-4-8-17(19)18-9-5-7-11-20(18)21/h4-11,21H,3,12-16H2,1-2H3,(H,27,29)(H,28,32)(H,30,31). The molecule has 2 aromatic carbocycles. The van der Waals surface area contributed by atoms with Gasteiger partial charge in [-0.05, 0) is 35.6 Å². The Kier molecular flexibility index (Phi) is 6.61. The second-order valence-corrected chi connectivity index (χ2v) is 9.09. The fourth-order valence-corrected chi connectivity index (χ4v) is 4.63. The number of rotatable bonds is 7. The third-order valence-electron chi connectivity index (χ3n) is 7.04. The van der Waals surface area contributed by atoms with Crippen LogP contribution in [0, 0.1) is 0 Å². The van der Waals surface area contributed by atoms with E-state index in [0.717, 1.165) is 22.3 Å². The summed E-state index contributed by atoms with van der Waals surface area (Å²) < 4.78 is 10.8. The molecule has 4 rings (SSSR count). The van der Waals surface area contributed by atoms with Crippen LogP contribution < -0.4 is 10.6 Å². The van der Waals surface area contributed by atoms with Gasteiger partial charge in [0.15, 0.2) is 0 Å². The van der Waals surface area contributed by atoms with E-state index in [-0.39, 0.29) is 45.0 Å². The third-order valence-corrected chi connectivity index (χ3v) is 7.04. The number of carbonyl (C=O) groups excluding carboxylic acids is 2. The Hall–Kier alpha value is -3.39. The molecule has 0 saturated carbocycles. The molecule has 2 aromatic rings. The van der Waals surface area contributed by atoms with Gasteiger partial charge in [0.05, 0.1) is 0 Å². The summed E-state index contributed by atoms with van der Waals surface area (Å²) in [5, 5.41) is 15.1. The van der Waals surface area contributed by atoms with Crippen molar-refractivity contribution >= 4 is 18.0 Å². The van der Waals surface area contributed by atoms with Gasteiger partial charge in [-0.3, -0.25) is 4.79 Å². The second kappa shape index (κ2) is 9.46. The highest BCUT2D eigenvalue weighted by Gasteiger charge is 2.45. The zero-order valence-corrected chi connectivity index (χ0v) is 19.4. The lowest BCUT2D eigenvalue weighted by molar-refractivity contribution is -0.153. The minimum Gasteiger partial charge on any atom is -0.480 e. The maximum atomic E-state index is 13.1. The second-order valence-electron chi connectivity index (χ2n) is 9.09. The van der Waals surface area contributed by atoms with E-state index in [0.29, 0.717) is 0 Å². The monoisotopic (exact) mass is 466 g/mol. The van der Waals surface area contributed by atoms with E-state index in [2.05, 4.69) is 22.8 Å². The molecule has 1 aliphatic heterocycles. The SMILES string of the molecule is CCC(C)(NC(=O)OCC1c2ccccc2-c2ccccc21)C(=O)NC1(C(=O)O)CCOCC1. The Labute approximate surface area is 198 Å². The molecule has 2 amide bonds. The van der Waals surface area contributed by atoms with Crippen LogP contribution in [0.1, 0.15) is 50.2 Å². The molecule has 180 valence electrons. The van der Waals surface area contributed by atoms with Gasteiger partial charge in [-0.2, -0.15) is 0 Å². The minimum atomic E-state index is -1.41. The van der Waals surface area contributed by atoms with Gasteiger partial charge in [0.1, 0.15) is 17.7 Å². The van der Waals surface area contributed by atoms with E-state index in [9.17, 15) is 19.5 Å². The predicted octanol–water partition coefficient (Wildman–Crippen LogP) is 3.44. The van der Waals surface area contributed by atoms with Gasteiger partial charge in [0, 0.05) is 32.0 Å². The molecule has 0 bridgehead atoms. The summed E-state index contributed by atoms with van der Waals surface area (Å²) in [6, 6.07) is 16.1. The number of fused-ring (bicyclic) bond motifs is 3. The highest BCUT2D eigenvalue weighted by atomic mass is 16.5. The molecule has 1 atom stereocenters. The number of ether oxygens (including phenoxy) is 2. The molecule has 8 nitrogen and oxygen atoms in total. The lowest BCUT2D eigenvalue weighted by Crippen LogP contribution is -2.65. The number of carbonyl (C=O) groups is 3. The zero-order chi connectivity index (χ0) is 24.3. The number of hydrogen-bond donors (Lipinski definition) is 3. The van der Waals surface area contributed by atoms with Crippen LogP contribution >= 0.6 is 0 Å². The van der Waals surface area contributed by atoms with Crippen LogP contribution in [0.4, 0.5) is 4.79 Å². The van der Waals surface area contributed by atoms with Crippen LogP contribution in [-0.2, 0) is 19.1 Å². The van der Waals surface area contributed by atoms with Gasteiger partial charge in [-0.25, -0.2) is 9.59 Å². The van der Waals surface area contributed by atoms with Gasteiger partial charge in [-0.1, -0.05) is 55.5 Å². The Morgan fingerprint density at radius 3 is 2.15 bits per heavy atom. The van der Waals surface area contributed by atoms with E-state index >= 15 is 0 Å². The summed E-state index contributed by atoms with van der Waals surface area (Å²) in [6.45, 7) is 3.93. The van der Waals surface area contributed by atoms with Gasteiger partial charge < -0.3 is 25.2 Å². The molecule has 1 saturated heterocycles. The number of benzene rings is 2. The number of aliphatic carboxylic acids is 1. The van der Waals surface area contributed by atoms with Crippen molar-refractivity contribution < 1.29 is 29.0 Å². The first-order valence-corrected chi connectivity index (χ1v) is 11.6. The summed E-state index contributed by atoms with van der Waals surface area (Å²) in [4.78, 5) is 37.8. The van der Waals surface area contributed by atoms with Gasteiger partial charge in [0.2, 0.25) is 5.91 Å². The van der Waals surface area contributed by atoms with Gasteiger partial charge >= 0.3 is 12.1 Å².